The highest BCUT2D eigenvalue weighted by Gasteiger charge is 2.15. The summed E-state index contributed by atoms with van der Waals surface area (Å²) in [4.78, 5) is 8.94. The van der Waals surface area contributed by atoms with Gasteiger partial charge in [0, 0.05) is 38.4 Å². The van der Waals surface area contributed by atoms with Crippen LogP contribution in [0.25, 0.3) is 0 Å². The standard InChI is InChI=1S/C10H13BrClN3/c1-14-2-4-15(5-3-14)10-6-9(12)8(11)7-13-10/h6-7H,2-5H2,1H3. The molecular weight excluding hydrogens is 277 g/mol. The van der Waals surface area contributed by atoms with Crippen molar-refractivity contribution in [3.05, 3.63) is 21.8 Å². The number of likely N-dealkylation sites (N-methyl/N-ethyl adjacent to an activating group) is 1. The van der Waals surface area contributed by atoms with E-state index in [4.69, 9.17) is 11.6 Å². The average molecular weight is 291 g/mol. The molecule has 2 heterocycles. The smallest absolute Gasteiger partial charge is 0.130 e. The van der Waals surface area contributed by atoms with Gasteiger partial charge in [0.25, 0.3) is 0 Å². The van der Waals surface area contributed by atoms with Crippen LogP contribution < -0.4 is 4.90 Å². The van der Waals surface area contributed by atoms with Crippen LogP contribution in [0.5, 0.6) is 0 Å². The number of halogens is 2. The Balaban J connectivity index is 2.12. The van der Waals surface area contributed by atoms with E-state index in [0.29, 0.717) is 0 Å². The molecule has 0 bridgehead atoms. The summed E-state index contributed by atoms with van der Waals surface area (Å²) in [7, 11) is 2.14. The van der Waals surface area contributed by atoms with E-state index in [2.05, 4.69) is 37.8 Å². The molecule has 82 valence electrons. The molecule has 0 amide bonds. The lowest BCUT2D eigenvalue weighted by Crippen LogP contribution is -2.44. The molecular formula is C10H13BrClN3. The van der Waals surface area contributed by atoms with E-state index < -0.39 is 0 Å². The fraction of sp³-hybridized carbons (Fsp3) is 0.500. The van der Waals surface area contributed by atoms with E-state index in [0.717, 1.165) is 41.5 Å². The summed E-state index contributed by atoms with van der Waals surface area (Å²) >= 11 is 9.38. The second-order valence-electron chi connectivity index (χ2n) is 3.75. The van der Waals surface area contributed by atoms with E-state index in [1.165, 1.54) is 0 Å². The van der Waals surface area contributed by atoms with Crippen LogP contribution in [-0.4, -0.2) is 43.1 Å². The van der Waals surface area contributed by atoms with E-state index in [1.807, 2.05) is 6.07 Å². The van der Waals surface area contributed by atoms with Crippen molar-refractivity contribution in [3.63, 3.8) is 0 Å². The number of hydrogen-bond acceptors (Lipinski definition) is 3. The van der Waals surface area contributed by atoms with Crippen molar-refractivity contribution in [3.8, 4) is 0 Å². The van der Waals surface area contributed by atoms with Gasteiger partial charge < -0.3 is 9.80 Å². The van der Waals surface area contributed by atoms with Crippen molar-refractivity contribution in [1.29, 1.82) is 0 Å². The zero-order valence-electron chi connectivity index (χ0n) is 8.58. The molecule has 0 aliphatic carbocycles. The van der Waals surface area contributed by atoms with Gasteiger partial charge in [0.05, 0.1) is 9.50 Å². The Bertz CT molecular complexity index is 351. The molecule has 1 saturated heterocycles. The molecule has 0 N–H and O–H groups in total. The minimum atomic E-state index is 0.721. The predicted octanol–water partition coefficient (Wildman–Crippen LogP) is 2.25. The van der Waals surface area contributed by atoms with E-state index in [-0.39, 0.29) is 0 Å². The van der Waals surface area contributed by atoms with Crippen molar-refractivity contribution in [1.82, 2.24) is 9.88 Å². The van der Waals surface area contributed by atoms with Crippen molar-refractivity contribution in [2.75, 3.05) is 38.1 Å². The summed E-state index contributed by atoms with van der Waals surface area (Å²) in [6.45, 7) is 4.19. The number of aromatic nitrogens is 1. The number of hydrogen-bond donors (Lipinski definition) is 0. The minimum absolute atomic E-state index is 0.721. The Kier molecular flexibility index (Phi) is 3.49. The monoisotopic (exact) mass is 289 g/mol. The maximum atomic E-state index is 6.04. The molecule has 1 aromatic rings. The quantitative estimate of drug-likeness (QED) is 0.791. The number of rotatable bonds is 1. The van der Waals surface area contributed by atoms with Gasteiger partial charge >= 0.3 is 0 Å². The van der Waals surface area contributed by atoms with Gasteiger partial charge in [0.15, 0.2) is 0 Å². The van der Waals surface area contributed by atoms with Crippen molar-refractivity contribution < 1.29 is 0 Å². The van der Waals surface area contributed by atoms with Crippen molar-refractivity contribution in [2.45, 2.75) is 0 Å². The first-order valence-electron chi connectivity index (χ1n) is 4.91. The van der Waals surface area contributed by atoms with Crippen LogP contribution in [0.1, 0.15) is 0 Å². The van der Waals surface area contributed by atoms with Gasteiger partial charge in [-0.25, -0.2) is 4.98 Å². The van der Waals surface area contributed by atoms with Crippen LogP contribution in [-0.2, 0) is 0 Å². The number of pyridine rings is 1. The predicted molar refractivity (Wildman–Crippen MR) is 66.7 cm³/mol. The molecule has 0 aromatic carbocycles. The molecule has 1 aliphatic rings. The molecule has 5 heteroatoms. The largest absolute Gasteiger partial charge is 0.354 e. The maximum Gasteiger partial charge on any atom is 0.130 e. The first-order chi connectivity index (χ1) is 7.16. The second kappa shape index (κ2) is 4.68. The summed E-state index contributed by atoms with van der Waals surface area (Å²) in [5.74, 6) is 0.969. The average Bonchev–Trinajstić information content (AvgIpc) is 2.23. The summed E-state index contributed by atoms with van der Waals surface area (Å²) < 4.78 is 0.849. The lowest BCUT2D eigenvalue weighted by molar-refractivity contribution is 0.312. The molecule has 0 spiro atoms. The number of anilines is 1. The van der Waals surface area contributed by atoms with Crippen LogP contribution >= 0.6 is 27.5 Å². The number of nitrogens with zero attached hydrogens (tertiary/aromatic N) is 3. The van der Waals surface area contributed by atoms with Gasteiger partial charge in [0.1, 0.15) is 5.82 Å². The summed E-state index contributed by atoms with van der Waals surface area (Å²) in [5, 5.41) is 0.721. The summed E-state index contributed by atoms with van der Waals surface area (Å²) in [6, 6.07) is 1.91. The highest BCUT2D eigenvalue weighted by Crippen LogP contribution is 2.25. The molecule has 0 unspecified atom stereocenters. The first kappa shape index (κ1) is 11.2. The zero-order valence-corrected chi connectivity index (χ0v) is 10.9. The lowest BCUT2D eigenvalue weighted by Gasteiger charge is -2.33. The normalized spacial score (nSPS) is 18.2. The minimum Gasteiger partial charge on any atom is -0.354 e. The number of piperazine rings is 1. The van der Waals surface area contributed by atoms with E-state index in [9.17, 15) is 0 Å². The van der Waals surface area contributed by atoms with Crippen LogP contribution in [0.15, 0.2) is 16.7 Å². The van der Waals surface area contributed by atoms with Gasteiger partial charge in [-0.05, 0) is 23.0 Å². The molecule has 1 aliphatic heterocycles. The van der Waals surface area contributed by atoms with Crippen molar-refractivity contribution in [2.24, 2.45) is 0 Å². The highest BCUT2D eigenvalue weighted by molar-refractivity contribution is 9.10. The van der Waals surface area contributed by atoms with Gasteiger partial charge in [0.2, 0.25) is 0 Å². The van der Waals surface area contributed by atoms with E-state index >= 15 is 0 Å². The molecule has 1 fully saturated rings. The van der Waals surface area contributed by atoms with Crippen LogP contribution in [0.2, 0.25) is 5.02 Å². The Morgan fingerprint density at radius 3 is 2.60 bits per heavy atom. The van der Waals surface area contributed by atoms with Crippen LogP contribution in [0.4, 0.5) is 5.82 Å². The Morgan fingerprint density at radius 2 is 2.00 bits per heavy atom. The topological polar surface area (TPSA) is 19.4 Å². The summed E-state index contributed by atoms with van der Waals surface area (Å²) in [5.41, 5.74) is 0. The lowest BCUT2D eigenvalue weighted by atomic mass is 10.3. The summed E-state index contributed by atoms with van der Waals surface area (Å²) in [6.07, 6.45) is 1.76. The van der Waals surface area contributed by atoms with E-state index in [1.54, 1.807) is 6.20 Å². The highest BCUT2D eigenvalue weighted by atomic mass is 79.9. The molecule has 15 heavy (non-hydrogen) atoms. The van der Waals surface area contributed by atoms with Gasteiger partial charge in [-0.2, -0.15) is 0 Å². The third-order valence-corrected chi connectivity index (χ3v) is 3.79. The van der Waals surface area contributed by atoms with Gasteiger partial charge in [-0.1, -0.05) is 11.6 Å². The molecule has 3 nitrogen and oxygen atoms in total. The molecule has 0 radical (unpaired) electrons. The SMILES string of the molecule is CN1CCN(c2cc(Cl)c(Br)cn2)CC1. The molecule has 2 rings (SSSR count). The Morgan fingerprint density at radius 1 is 1.33 bits per heavy atom. The molecule has 0 atom stereocenters. The molecule has 1 aromatic heterocycles. The van der Waals surface area contributed by atoms with Crippen LogP contribution in [0.3, 0.4) is 0 Å². The van der Waals surface area contributed by atoms with Crippen LogP contribution in [0, 0.1) is 0 Å². The second-order valence-corrected chi connectivity index (χ2v) is 5.01. The van der Waals surface area contributed by atoms with Gasteiger partial charge in [-0.15, -0.1) is 0 Å². The van der Waals surface area contributed by atoms with Crippen molar-refractivity contribution >= 4 is 33.3 Å². The third kappa shape index (κ3) is 2.62. The maximum absolute atomic E-state index is 6.04. The fourth-order valence-corrected chi connectivity index (χ4v) is 1.98. The zero-order chi connectivity index (χ0) is 10.8. The molecule has 0 saturated carbocycles. The fourth-order valence-electron chi connectivity index (χ4n) is 1.61. The third-order valence-electron chi connectivity index (χ3n) is 2.62. The van der Waals surface area contributed by atoms with Gasteiger partial charge in [-0.3, -0.25) is 0 Å². The first-order valence-corrected chi connectivity index (χ1v) is 6.08. The Labute approximate surface area is 103 Å². The Hall–Kier alpha value is -0.320.